The number of hydrogen-bond acceptors (Lipinski definition) is 2. The number of aromatic hydroxyl groups is 1. The van der Waals surface area contributed by atoms with Gasteiger partial charge in [0.1, 0.15) is 11.6 Å². The molecule has 2 aromatic carbocycles. The highest BCUT2D eigenvalue weighted by atomic mass is 35.5. The largest absolute Gasteiger partial charge is 0.508 e. The molecule has 3 nitrogen and oxygen atoms in total. The summed E-state index contributed by atoms with van der Waals surface area (Å²) >= 11 is 5.62. The standard InChI is InChI=1S/C14H14ClNO2/c1-2-16(14(18)9-15)13-5-3-4-10-6-7-11(17)8-12(10)13/h3-8,17H,2,9H2,1H3. The molecule has 1 N–H and O–H groups in total. The van der Waals surface area contributed by atoms with Gasteiger partial charge in [0.15, 0.2) is 0 Å². The number of phenolic OH excluding ortho intramolecular Hbond substituents is 1. The minimum Gasteiger partial charge on any atom is -0.508 e. The van der Waals surface area contributed by atoms with E-state index in [0.29, 0.717) is 6.54 Å². The molecule has 0 aliphatic carbocycles. The molecule has 4 heteroatoms. The first-order valence-electron chi connectivity index (χ1n) is 5.75. The van der Waals surface area contributed by atoms with Crippen LogP contribution in [0.25, 0.3) is 10.8 Å². The quantitative estimate of drug-likeness (QED) is 0.865. The van der Waals surface area contributed by atoms with Crippen molar-refractivity contribution in [3.8, 4) is 5.75 Å². The first kappa shape index (κ1) is 12.7. The SMILES string of the molecule is CCN(C(=O)CCl)c1cccc2ccc(O)cc12. The van der Waals surface area contributed by atoms with E-state index in [4.69, 9.17) is 11.6 Å². The summed E-state index contributed by atoms with van der Waals surface area (Å²) in [5.74, 6) is -0.0115. The van der Waals surface area contributed by atoms with Crippen LogP contribution in [0.15, 0.2) is 36.4 Å². The summed E-state index contributed by atoms with van der Waals surface area (Å²) in [5.41, 5.74) is 0.775. The third-order valence-corrected chi connectivity index (χ3v) is 3.09. The summed E-state index contributed by atoms with van der Waals surface area (Å²) in [7, 11) is 0. The Kier molecular flexibility index (Phi) is 3.72. The minimum atomic E-state index is -0.144. The summed E-state index contributed by atoms with van der Waals surface area (Å²) in [4.78, 5) is 13.4. The van der Waals surface area contributed by atoms with Gasteiger partial charge in [-0.2, -0.15) is 0 Å². The van der Waals surface area contributed by atoms with Gasteiger partial charge in [-0.25, -0.2) is 0 Å². The van der Waals surface area contributed by atoms with Crippen LogP contribution in [0.1, 0.15) is 6.92 Å². The number of carbonyl (C=O) groups excluding carboxylic acids is 1. The van der Waals surface area contributed by atoms with Crippen molar-refractivity contribution in [3.05, 3.63) is 36.4 Å². The maximum absolute atomic E-state index is 11.8. The lowest BCUT2D eigenvalue weighted by molar-refractivity contribution is -0.116. The van der Waals surface area contributed by atoms with Crippen molar-refractivity contribution in [1.29, 1.82) is 0 Å². The lowest BCUT2D eigenvalue weighted by Crippen LogP contribution is -2.31. The second-order valence-electron chi connectivity index (χ2n) is 3.95. The van der Waals surface area contributed by atoms with Gasteiger partial charge in [0.2, 0.25) is 5.91 Å². The number of phenols is 1. The molecule has 0 aromatic heterocycles. The topological polar surface area (TPSA) is 40.5 Å². The number of fused-ring (bicyclic) bond motifs is 1. The molecule has 0 radical (unpaired) electrons. The maximum atomic E-state index is 11.8. The van der Waals surface area contributed by atoms with Crippen LogP contribution in [0.3, 0.4) is 0 Å². The van der Waals surface area contributed by atoms with Gasteiger partial charge in [0.05, 0.1) is 5.69 Å². The van der Waals surface area contributed by atoms with E-state index in [2.05, 4.69) is 0 Å². The zero-order valence-corrected chi connectivity index (χ0v) is 10.8. The predicted octanol–water partition coefficient (Wildman–Crippen LogP) is 3.14. The summed E-state index contributed by atoms with van der Waals surface area (Å²) in [6.45, 7) is 2.44. The van der Waals surface area contributed by atoms with Gasteiger partial charge < -0.3 is 10.0 Å². The highest BCUT2D eigenvalue weighted by molar-refractivity contribution is 6.29. The Labute approximate surface area is 111 Å². The second kappa shape index (κ2) is 5.27. The Balaban J connectivity index is 2.62. The third kappa shape index (κ3) is 2.27. The fourth-order valence-electron chi connectivity index (χ4n) is 2.03. The predicted molar refractivity (Wildman–Crippen MR) is 74.4 cm³/mol. The van der Waals surface area contributed by atoms with Crippen LogP contribution in [-0.4, -0.2) is 23.4 Å². The number of rotatable bonds is 3. The second-order valence-corrected chi connectivity index (χ2v) is 4.22. The molecule has 0 aliphatic heterocycles. The fraction of sp³-hybridized carbons (Fsp3) is 0.214. The van der Waals surface area contributed by atoms with Gasteiger partial charge in [-0.3, -0.25) is 4.79 Å². The monoisotopic (exact) mass is 263 g/mol. The van der Waals surface area contributed by atoms with Crippen LogP contribution < -0.4 is 4.90 Å². The van der Waals surface area contributed by atoms with Crippen molar-refractivity contribution < 1.29 is 9.90 Å². The van der Waals surface area contributed by atoms with Crippen molar-refractivity contribution in [1.82, 2.24) is 0 Å². The lowest BCUT2D eigenvalue weighted by atomic mass is 10.1. The molecular formula is C14H14ClNO2. The van der Waals surface area contributed by atoms with E-state index in [1.54, 1.807) is 17.0 Å². The van der Waals surface area contributed by atoms with Crippen molar-refractivity contribution in [3.63, 3.8) is 0 Å². The number of alkyl halides is 1. The molecule has 1 amide bonds. The van der Waals surface area contributed by atoms with Crippen LogP contribution in [0.4, 0.5) is 5.69 Å². The Morgan fingerprint density at radius 2 is 2.11 bits per heavy atom. The van der Waals surface area contributed by atoms with Crippen LogP contribution in [0.2, 0.25) is 0 Å². The molecule has 0 saturated carbocycles. The van der Waals surface area contributed by atoms with Gasteiger partial charge in [0, 0.05) is 11.9 Å². The van der Waals surface area contributed by atoms with Gasteiger partial charge in [-0.15, -0.1) is 11.6 Å². The first-order chi connectivity index (χ1) is 8.67. The van der Waals surface area contributed by atoms with Gasteiger partial charge >= 0.3 is 0 Å². The molecule has 94 valence electrons. The molecular weight excluding hydrogens is 250 g/mol. The summed E-state index contributed by atoms with van der Waals surface area (Å²) in [6, 6.07) is 10.8. The molecule has 0 unspecified atom stereocenters. The van der Waals surface area contributed by atoms with E-state index in [9.17, 15) is 9.90 Å². The molecule has 0 aliphatic rings. The van der Waals surface area contributed by atoms with Crippen LogP contribution in [0, 0.1) is 0 Å². The molecule has 2 aromatic rings. The number of carbonyl (C=O) groups is 1. The number of benzene rings is 2. The van der Waals surface area contributed by atoms with E-state index >= 15 is 0 Å². The number of hydrogen-bond donors (Lipinski definition) is 1. The Morgan fingerprint density at radius 3 is 2.78 bits per heavy atom. The third-order valence-electron chi connectivity index (χ3n) is 2.87. The molecule has 2 rings (SSSR count). The lowest BCUT2D eigenvalue weighted by Gasteiger charge is -2.21. The zero-order chi connectivity index (χ0) is 13.1. The van der Waals surface area contributed by atoms with Crippen LogP contribution in [-0.2, 0) is 4.79 Å². The summed E-state index contributed by atoms with van der Waals surface area (Å²) < 4.78 is 0. The molecule has 0 atom stereocenters. The van der Waals surface area contributed by atoms with E-state index in [-0.39, 0.29) is 17.5 Å². The molecule has 18 heavy (non-hydrogen) atoms. The average Bonchev–Trinajstić information content (AvgIpc) is 2.39. The molecule has 0 heterocycles. The van der Waals surface area contributed by atoms with Crippen molar-refractivity contribution in [2.45, 2.75) is 6.92 Å². The molecule has 0 saturated heterocycles. The number of halogens is 1. The normalized spacial score (nSPS) is 10.6. The van der Waals surface area contributed by atoms with Crippen molar-refractivity contribution in [2.24, 2.45) is 0 Å². The van der Waals surface area contributed by atoms with Gasteiger partial charge in [-0.05, 0) is 30.5 Å². The first-order valence-corrected chi connectivity index (χ1v) is 6.29. The summed E-state index contributed by atoms with van der Waals surface area (Å²) in [5, 5.41) is 11.4. The van der Waals surface area contributed by atoms with Gasteiger partial charge in [-0.1, -0.05) is 18.2 Å². The van der Waals surface area contributed by atoms with Crippen molar-refractivity contribution >= 4 is 34.0 Å². The number of amides is 1. The Bertz CT molecular complexity index is 583. The minimum absolute atomic E-state index is 0.0525. The Hall–Kier alpha value is -1.74. The van der Waals surface area contributed by atoms with E-state index in [1.807, 2.05) is 31.2 Å². The van der Waals surface area contributed by atoms with E-state index < -0.39 is 0 Å². The van der Waals surface area contributed by atoms with Crippen LogP contribution in [0.5, 0.6) is 5.75 Å². The molecule has 0 fully saturated rings. The van der Waals surface area contributed by atoms with E-state index in [1.165, 1.54) is 0 Å². The highest BCUT2D eigenvalue weighted by Gasteiger charge is 2.15. The fourth-order valence-corrected chi connectivity index (χ4v) is 2.18. The smallest absolute Gasteiger partial charge is 0.241 e. The van der Waals surface area contributed by atoms with Crippen LogP contribution >= 0.6 is 11.6 Å². The molecule has 0 spiro atoms. The maximum Gasteiger partial charge on any atom is 0.241 e. The number of anilines is 1. The average molecular weight is 264 g/mol. The molecule has 0 bridgehead atoms. The number of nitrogens with zero attached hydrogens (tertiary/aromatic N) is 1. The zero-order valence-electron chi connectivity index (χ0n) is 10.1. The van der Waals surface area contributed by atoms with E-state index in [0.717, 1.165) is 16.5 Å². The summed E-state index contributed by atoms with van der Waals surface area (Å²) in [6.07, 6.45) is 0. The highest BCUT2D eigenvalue weighted by Crippen LogP contribution is 2.29. The van der Waals surface area contributed by atoms with Gasteiger partial charge in [0.25, 0.3) is 0 Å². The van der Waals surface area contributed by atoms with Crippen molar-refractivity contribution in [2.75, 3.05) is 17.3 Å². The Morgan fingerprint density at radius 1 is 1.33 bits per heavy atom.